The molecular formula is C27H26BrN3O4S. The number of hydrogen-bond acceptors (Lipinski definition) is 5. The van der Waals surface area contributed by atoms with Crippen LogP contribution in [0.1, 0.15) is 26.3 Å². The number of nitrogens with one attached hydrogen (secondary N) is 2. The number of carbonyl (C=O) groups is 2. The first-order valence-corrected chi connectivity index (χ1v) is 12.8. The van der Waals surface area contributed by atoms with Gasteiger partial charge in [0.2, 0.25) is 0 Å². The quantitative estimate of drug-likeness (QED) is 0.404. The van der Waals surface area contributed by atoms with E-state index in [1.165, 1.54) is 5.56 Å². The van der Waals surface area contributed by atoms with Crippen molar-refractivity contribution in [2.24, 2.45) is 0 Å². The van der Waals surface area contributed by atoms with E-state index in [4.69, 9.17) is 21.7 Å². The number of halogens is 1. The summed E-state index contributed by atoms with van der Waals surface area (Å²) in [5.74, 6) is 0.238. The molecule has 36 heavy (non-hydrogen) atoms. The number of rotatable bonds is 7. The molecule has 1 fully saturated rings. The summed E-state index contributed by atoms with van der Waals surface area (Å²) in [6.45, 7) is 2.73. The summed E-state index contributed by atoms with van der Waals surface area (Å²) in [6.07, 6.45) is 0.786. The first kappa shape index (κ1) is 25.8. The van der Waals surface area contributed by atoms with E-state index in [-0.39, 0.29) is 16.9 Å². The summed E-state index contributed by atoms with van der Waals surface area (Å²) in [6, 6.07) is 22.2. The Kier molecular flexibility index (Phi) is 9.05. The Morgan fingerprint density at radius 3 is 2.50 bits per heavy atom. The number of thiocarbonyl (C=S) groups is 1. The average molecular weight is 568 g/mol. The van der Waals surface area contributed by atoms with Crippen molar-refractivity contribution < 1.29 is 19.1 Å². The maximum atomic E-state index is 12.7. The van der Waals surface area contributed by atoms with Crippen LogP contribution >= 0.6 is 28.1 Å². The minimum Gasteiger partial charge on any atom is -0.492 e. The highest BCUT2D eigenvalue weighted by Gasteiger charge is 2.19. The van der Waals surface area contributed by atoms with Crippen LogP contribution in [0.3, 0.4) is 0 Å². The molecule has 2 N–H and O–H groups in total. The molecule has 0 atom stereocenters. The van der Waals surface area contributed by atoms with Crippen molar-refractivity contribution >= 4 is 50.8 Å². The predicted molar refractivity (Wildman–Crippen MR) is 147 cm³/mol. The summed E-state index contributed by atoms with van der Waals surface area (Å²) < 4.78 is 11.8. The van der Waals surface area contributed by atoms with Crippen LogP contribution in [0.15, 0.2) is 77.3 Å². The van der Waals surface area contributed by atoms with E-state index in [0.717, 1.165) is 6.42 Å². The second-order valence-electron chi connectivity index (χ2n) is 8.12. The predicted octanol–water partition coefficient (Wildman–Crippen LogP) is 4.67. The summed E-state index contributed by atoms with van der Waals surface area (Å²) in [4.78, 5) is 27.2. The van der Waals surface area contributed by atoms with E-state index in [1.807, 2.05) is 18.2 Å². The van der Waals surface area contributed by atoms with Gasteiger partial charge in [0.05, 0.1) is 24.3 Å². The monoisotopic (exact) mass is 567 g/mol. The fraction of sp³-hybridized carbons (Fsp3) is 0.222. The summed E-state index contributed by atoms with van der Waals surface area (Å²) >= 11 is 8.80. The van der Waals surface area contributed by atoms with Crippen molar-refractivity contribution in [3.05, 3.63) is 94.0 Å². The minimum atomic E-state index is -0.357. The molecule has 0 saturated carbocycles. The number of anilines is 1. The topological polar surface area (TPSA) is 79.9 Å². The molecular weight excluding hydrogens is 542 g/mol. The molecule has 0 radical (unpaired) electrons. The van der Waals surface area contributed by atoms with E-state index in [2.05, 4.69) is 38.7 Å². The van der Waals surface area contributed by atoms with Gasteiger partial charge in [-0.2, -0.15) is 0 Å². The molecule has 0 unspecified atom stereocenters. The van der Waals surface area contributed by atoms with E-state index in [9.17, 15) is 9.59 Å². The van der Waals surface area contributed by atoms with Crippen LogP contribution in [0.4, 0.5) is 5.69 Å². The number of carbonyl (C=O) groups excluding carboxylic acids is 2. The van der Waals surface area contributed by atoms with Gasteiger partial charge in [0, 0.05) is 36.3 Å². The van der Waals surface area contributed by atoms with Crippen LogP contribution in [0.25, 0.3) is 0 Å². The zero-order valence-corrected chi connectivity index (χ0v) is 21.9. The Morgan fingerprint density at radius 1 is 0.972 bits per heavy atom. The lowest BCUT2D eigenvalue weighted by atomic mass is 10.1. The second kappa shape index (κ2) is 12.6. The molecule has 3 aromatic carbocycles. The van der Waals surface area contributed by atoms with Gasteiger partial charge in [0.1, 0.15) is 5.75 Å². The molecule has 1 aliphatic rings. The fourth-order valence-corrected chi connectivity index (χ4v) is 4.40. The molecule has 0 aliphatic carbocycles. The van der Waals surface area contributed by atoms with Gasteiger partial charge in [-0.05, 0) is 70.1 Å². The largest absolute Gasteiger partial charge is 0.492 e. The van der Waals surface area contributed by atoms with Crippen molar-refractivity contribution in [2.45, 2.75) is 6.42 Å². The Balaban J connectivity index is 1.30. The Morgan fingerprint density at radius 2 is 1.75 bits per heavy atom. The van der Waals surface area contributed by atoms with Crippen molar-refractivity contribution in [1.82, 2.24) is 10.2 Å². The smallest absolute Gasteiger partial charge is 0.257 e. The third kappa shape index (κ3) is 7.13. The van der Waals surface area contributed by atoms with E-state index < -0.39 is 0 Å². The van der Waals surface area contributed by atoms with Gasteiger partial charge in [-0.1, -0.05) is 36.4 Å². The lowest BCUT2D eigenvalue weighted by Gasteiger charge is -2.27. The van der Waals surface area contributed by atoms with E-state index in [0.29, 0.717) is 59.9 Å². The molecule has 2 amide bonds. The lowest BCUT2D eigenvalue weighted by Crippen LogP contribution is -2.40. The zero-order valence-electron chi connectivity index (χ0n) is 19.5. The Labute approximate surface area is 223 Å². The minimum absolute atomic E-state index is 0.0622. The summed E-state index contributed by atoms with van der Waals surface area (Å²) in [5.41, 5.74) is 2.78. The van der Waals surface area contributed by atoms with Crippen LogP contribution < -0.4 is 15.4 Å². The SMILES string of the molecule is O=C(NC(=S)Nc1cccc(C(=O)N2CCOCC2)c1)c1ccc(OCCc2ccccc2)c(Br)c1. The number of morpholine rings is 1. The highest BCUT2D eigenvalue weighted by atomic mass is 79.9. The first-order valence-electron chi connectivity index (χ1n) is 11.6. The number of amides is 2. The highest BCUT2D eigenvalue weighted by molar-refractivity contribution is 9.10. The first-order chi connectivity index (χ1) is 17.5. The van der Waals surface area contributed by atoms with Gasteiger partial charge in [-0.25, -0.2) is 0 Å². The Hall–Kier alpha value is -3.27. The van der Waals surface area contributed by atoms with Gasteiger partial charge >= 0.3 is 0 Å². The number of ether oxygens (including phenoxy) is 2. The molecule has 4 rings (SSSR count). The van der Waals surface area contributed by atoms with Crippen LogP contribution in [-0.4, -0.2) is 54.7 Å². The fourth-order valence-electron chi connectivity index (χ4n) is 3.70. The molecule has 1 heterocycles. The molecule has 9 heteroatoms. The highest BCUT2D eigenvalue weighted by Crippen LogP contribution is 2.26. The van der Waals surface area contributed by atoms with Crippen molar-refractivity contribution in [1.29, 1.82) is 0 Å². The maximum absolute atomic E-state index is 12.7. The molecule has 0 bridgehead atoms. The normalized spacial score (nSPS) is 13.1. The zero-order chi connectivity index (χ0) is 25.3. The number of nitrogens with zero attached hydrogens (tertiary/aromatic N) is 1. The average Bonchev–Trinajstić information content (AvgIpc) is 2.90. The lowest BCUT2D eigenvalue weighted by molar-refractivity contribution is 0.0303. The van der Waals surface area contributed by atoms with Gasteiger partial charge in [0.25, 0.3) is 11.8 Å². The summed E-state index contributed by atoms with van der Waals surface area (Å²) in [7, 11) is 0. The molecule has 3 aromatic rings. The van der Waals surface area contributed by atoms with Crippen LogP contribution in [0.5, 0.6) is 5.75 Å². The van der Waals surface area contributed by atoms with Crippen LogP contribution in [0, 0.1) is 0 Å². The third-order valence-corrected chi connectivity index (χ3v) is 6.40. The van der Waals surface area contributed by atoms with Crippen molar-refractivity contribution in [2.75, 3.05) is 38.2 Å². The standard InChI is InChI=1S/C27H26BrN3O4S/c28-23-18-20(9-10-24(23)35-14-11-19-5-2-1-3-6-19)25(32)30-27(36)29-22-8-4-7-21(17-22)26(33)31-12-15-34-16-13-31/h1-10,17-18H,11-16H2,(H2,29,30,32,36). The van der Waals surface area contributed by atoms with Gasteiger partial charge in [-0.15, -0.1) is 0 Å². The van der Waals surface area contributed by atoms with Gasteiger partial charge in [0.15, 0.2) is 5.11 Å². The van der Waals surface area contributed by atoms with E-state index in [1.54, 1.807) is 47.4 Å². The molecule has 7 nitrogen and oxygen atoms in total. The molecule has 1 aliphatic heterocycles. The molecule has 1 saturated heterocycles. The van der Waals surface area contributed by atoms with Gasteiger partial charge in [-0.3, -0.25) is 14.9 Å². The van der Waals surface area contributed by atoms with Crippen LogP contribution in [-0.2, 0) is 11.2 Å². The maximum Gasteiger partial charge on any atom is 0.257 e. The number of benzene rings is 3. The van der Waals surface area contributed by atoms with Crippen molar-refractivity contribution in [3.8, 4) is 5.75 Å². The molecule has 0 aromatic heterocycles. The van der Waals surface area contributed by atoms with E-state index >= 15 is 0 Å². The molecule has 186 valence electrons. The number of hydrogen-bond donors (Lipinski definition) is 2. The third-order valence-electron chi connectivity index (χ3n) is 5.58. The molecule has 0 spiro atoms. The second-order valence-corrected chi connectivity index (χ2v) is 9.39. The van der Waals surface area contributed by atoms with Crippen LogP contribution in [0.2, 0.25) is 0 Å². The summed E-state index contributed by atoms with van der Waals surface area (Å²) in [5, 5.41) is 5.79. The van der Waals surface area contributed by atoms with Gasteiger partial charge < -0.3 is 19.7 Å². The van der Waals surface area contributed by atoms with Crippen molar-refractivity contribution in [3.63, 3.8) is 0 Å². The Bertz CT molecular complexity index is 1230.